The van der Waals surface area contributed by atoms with E-state index in [0.717, 1.165) is 11.1 Å². The van der Waals surface area contributed by atoms with Crippen molar-refractivity contribution in [3.05, 3.63) is 47.5 Å². The van der Waals surface area contributed by atoms with Crippen molar-refractivity contribution in [3.63, 3.8) is 0 Å². The molecule has 23 heavy (non-hydrogen) atoms. The molecule has 1 unspecified atom stereocenters. The van der Waals surface area contributed by atoms with E-state index in [4.69, 9.17) is 15.2 Å². The lowest BCUT2D eigenvalue weighted by molar-refractivity contribution is -0.122. The van der Waals surface area contributed by atoms with Crippen LogP contribution in [0.4, 0.5) is 11.4 Å². The Bertz CT molecular complexity index is 713. The molecule has 2 rings (SSSR count). The first-order valence-corrected chi connectivity index (χ1v) is 7.39. The van der Waals surface area contributed by atoms with Gasteiger partial charge in [-0.25, -0.2) is 0 Å². The van der Waals surface area contributed by atoms with Crippen molar-refractivity contribution in [3.8, 4) is 11.5 Å². The number of ether oxygens (including phenoxy) is 2. The summed E-state index contributed by atoms with van der Waals surface area (Å²) in [5.41, 5.74) is 8.90. The van der Waals surface area contributed by atoms with Crippen LogP contribution in [0.1, 0.15) is 18.1 Å². The topological polar surface area (TPSA) is 73.6 Å². The maximum absolute atomic E-state index is 12.3. The predicted octanol–water partition coefficient (Wildman–Crippen LogP) is 3.30. The molecular weight excluding hydrogens is 292 g/mol. The average molecular weight is 314 g/mol. The molecule has 0 saturated heterocycles. The minimum absolute atomic E-state index is 0.256. The van der Waals surface area contributed by atoms with Crippen LogP contribution in [0.5, 0.6) is 11.5 Å². The van der Waals surface area contributed by atoms with Gasteiger partial charge in [-0.2, -0.15) is 0 Å². The molecular formula is C18H22N2O3. The predicted molar refractivity (Wildman–Crippen MR) is 92.0 cm³/mol. The fraction of sp³-hybridized carbons (Fsp3) is 0.278. The first-order valence-electron chi connectivity index (χ1n) is 7.39. The molecule has 122 valence electrons. The van der Waals surface area contributed by atoms with Gasteiger partial charge in [0.15, 0.2) is 6.10 Å². The second-order valence-corrected chi connectivity index (χ2v) is 5.48. The molecule has 0 aliphatic heterocycles. The summed E-state index contributed by atoms with van der Waals surface area (Å²) in [6.45, 7) is 5.64. The Morgan fingerprint density at radius 1 is 1.13 bits per heavy atom. The lowest BCUT2D eigenvalue weighted by atomic mass is 10.1. The normalized spacial score (nSPS) is 11.7. The van der Waals surface area contributed by atoms with Gasteiger partial charge in [0.1, 0.15) is 11.5 Å². The maximum Gasteiger partial charge on any atom is 0.265 e. The summed E-state index contributed by atoms with van der Waals surface area (Å²) in [5, 5.41) is 2.80. The third-order valence-electron chi connectivity index (χ3n) is 3.50. The zero-order valence-electron chi connectivity index (χ0n) is 13.8. The highest BCUT2D eigenvalue weighted by molar-refractivity contribution is 5.95. The molecule has 0 saturated carbocycles. The van der Waals surface area contributed by atoms with Crippen molar-refractivity contribution in [2.24, 2.45) is 0 Å². The zero-order chi connectivity index (χ0) is 17.0. The van der Waals surface area contributed by atoms with E-state index in [0.29, 0.717) is 22.9 Å². The van der Waals surface area contributed by atoms with Gasteiger partial charge in [0.05, 0.1) is 12.8 Å². The van der Waals surface area contributed by atoms with Crippen LogP contribution in [0.2, 0.25) is 0 Å². The number of nitrogens with one attached hydrogen (secondary N) is 1. The van der Waals surface area contributed by atoms with Crippen LogP contribution in [0.15, 0.2) is 36.4 Å². The third-order valence-corrected chi connectivity index (χ3v) is 3.50. The number of aryl methyl sites for hydroxylation is 2. The van der Waals surface area contributed by atoms with Gasteiger partial charge in [-0.1, -0.05) is 12.1 Å². The summed E-state index contributed by atoms with van der Waals surface area (Å²) >= 11 is 0. The number of amides is 1. The first-order chi connectivity index (χ1) is 10.9. The van der Waals surface area contributed by atoms with Crippen LogP contribution >= 0.6 is 0 Å². The zero-order valence-corrected chi connectivity index (χ0v) is 13.8. The lowest BCUT2D eigenvalue weighted by Gasteiger charge is -2.18. The van der Waals surface area contributed by atoms with Crippen LogP contribution in [0.25, 0.3) is 0 Å². The van der Waals surface area contributed by atoms with Crippen LogP contribution in [0, 0.1) is 13.8 Å². The standard InChI is InChI=1S/C18H22N2O3/c1-11-5-6-12(2)16(9-11)23-13(3)18(21)20-15-8-7-14(19)10-17(15)22-4/h5-10,13H,19H2,1-4H3,(H,20,21). The molecule has 0 bridgehead atoms. The van der Waals surface area contributed by atoms with Gasteiger partial charge in [-0.05, 0) is 50.1 Å². The molecule has 2 aromatic rings. The number of carbonyl (C=O) groups excluding carboxylic acids is 1. The molecule has 0 aromatic heterocycles. The van der Waals surface area contributed by atoms with E-state index >= 15 is 0 Å². The summed E-state index contributed by atoms with van der Waals surface area (Å²) < 4.78 is 11.0. The Morgan fingerprint density at radius 3 is 2.57 bits per heavy atom. The van der Waals surface area contributed by atoms with Gasteiger partial charge in [-0.3, -0.25) is 4.79 Å². The number of hydrogen-bond donors (Lipinski definition) is 2. The number of hydrogen-bond acceptors (Lipinski definition) is 4. The van der Waals surface area contributed by atoms with Gasteiger partial charge in [0.2, 0.25) is 0 Å². The molecule has 1 amide bonds. The smallest absolute Gasteiger partial charge is 0.265 e. The van der Waals surface area contributed by atoms with E-state index in [1.165, 1.54) is 7.11 Å². The van der Waals surface area contributed by atoms with Crippen molar-refractivity contribution in [2.75, 3.05) is 18.2 Å². The van der Waals surface area contributed by atoms with Crippen molar-refractivity contribution in [1.29, 1.82) is 0 Å². The Balaban J connectivity index is 2.10. The molecule has 0 aliphatic rings. The van der Waals surface area contributed by atoms with E-state index in [2.05, 4.69) is 5.32 Å². The van der Waals surface area contributed by atoms with Crippen LogP contribution in [-0.2, 0) is 4.79 Å². The molecule has 0 aliphatic carbocycles. The minimum Gasteiger partial charge on any atom is -0.494 e. The third kappa shape index (κ3) is 4.16. The lowest BCUT2D eigenvalue weighted by Crippen LogP contribution is -2.30. The molecule has 0 spiro atoms. The van der Waals surface area contributed by atoms with E-state index in [1.807, 2.05) is 32.0 Å². The quantitative estimate of drug-likeness (QED) is 0.831. The number of rotatable bonds is 5. The number of methoxy groups -OCH3 is 1. The Labute approximate surface area is 136 Å². The fourth-order valence-electron chi connectivity index (χ4n) is 2.12. The van der Waals surface area contributed by atoms with Crippen LogP contribution in [0.3, 0.4) is 0 Å². The van der Waals surface area contributed by atoms with E-state index in [9.17, 15) is 4.79 Å². The first kappa shape index (κ1) is 16.7. The molecule has 0 radical (unpaired) electrons. The number of nitrogen functional groups attached to an aromatic ring is 1. The monoisotopic (exact) mass is 314 g/mol. The Hall–Kier alpha value is -2.69. The summed E-state index contributed by atoms with van der Waals surface area (Å²) in [5.74, 6) is 0.961. The van der Waals surface area contributed by atoms with Crippen LogP contribution < -0.4 is 20.5 Å². The highest BCUT2D eigenvalue weighted by Gasteiger charge is 2.17. The summed E-state index contributed by atoms with van der Waals surface area (Å²) in [7, 11) is 1.53. The van der Waals surface area contributed by atoms with Gasteiger partial charge >= 0.3 is 0 Å². The van der Waals surface area contributed by atoms with Crippen molar-refractivity contribution in [2.45, 2.75) is 26.9 Å². The second-order valence-electron chi connectivity index (χ2n) is 5.48. The highest BCUT2D eigenvalue weighted by atomic mass is 16.5. The summed E-state index contributed by atoms with van der Waals surface area (Å²) in [4.78, 5) is 12.3. The van der Waals surface area contributed by atoms with Gasteiger partial charge in [0, 0.05) is 11.8 Å². The number of anilines is 2. The van der Waals surface area contributed by atoms with Crippen molar-refractivity contribution in [1.82, 2.24) is 0 Å². The molecule has 2 aromatic carbocycles. The molecule has 0 heterocycles. The van der Waals surface area contributed by atoms with Gasteiger partial charge < -0.3 is 20.5 Å². The van der Waals surface area contributed by atoms with Gasteiger partial charge in [0.25, 0.3) is 5.91 Å². The molecule has 1 atom stereocenters. The van der Waals surface area contributed by atoms with E-state index in [1.54, 1.807) is 25.1 Å². The number of nitrogens with two attached hydrogens (primary N) is 1. The Kier molecular flexibility index (Phi) is 5.11. The van der Waals surface area contributed by atoms with E-state index < -0.39 is 6.10 Å². The summed E-state index contributed by atoms with van der Waals surface area (Å²) in [6, 6.07) is 11.0. The molecule has 5 heteroatoms. The number of carbonyl (C=O) groups is 1. The van der Waals surface area contributed by atoms with E-state index in [-0.39, 0.29) is 5.91 Å². The summed E-state index contributed by atoms with van der Waals surface area (Å²) in [6.07, 6.45) is -0.641. The average Bonchev–Trinajstić information content (AvgIpc) is 2.52. The largest absolute Gasteiger partial charge is 0.494 e. The molecule has 5 nitrogen and oxygen atoms in total. The molecule has 0 fully saturated rings. The Morgan fingerprint density at radius 2 is 1.87 bits per heavy atom. The minimum atomic E-state index is -0.641. The second kappa shape index (κ2) is 7.05. The highest BCUT2D eigenvalue weighted by Crippen LogP contribution is 2.27. The number of benzene rings is 2. The van der Waals surface area contributed by atoms with Crippen LogP contribution in [-0.4, -0.2) is 19.1 Å². The van der Waals surface area contributed by atoms with Gasteiger partial charge in [-0.15, -0.1) is 0 Å². The van der Waals surface area contributed by atoms with Crippen molar-refractivity contribution >= 4 is 17.3 Å². The molecule has 3 N–H and O–H groups in total. The van der Waals surface area contributed by atoms with Crippen molar-refractivity contribution < 1.29 is 14.3 Å². The fourth-order valence-corrected chi connectivity index (χ4v) is 2.12. The maximum atomic E-state index is 12.3. The SMILES string of the molecule is COc1cc(N)ccc1NC(=O)C(C)Oc1cc(C)ccc1C.